The zero-order valence-electron chi connectivity index (χ0n) is 17.5. The molecule has 3 rings (SSSR count). The number of rotatable bonds is 8. The molecule has 1 aliphatic rings. The van der Waals surface area contributed by atoms with Gasteiger partial charge < -0.3 is 18.8 Å². The van der Waals surface area contributed by atoms with Gasteiger partial charge in [-0.3, -0.25) is 14.4 Å². The van der Waals surface area contributed by atoms with E-state index in [0.29, 0.717) is 11.6 Å². The summed E-state index contributed by atoms with van der Waals surface area (Å²) in [6.45, 7) is 4.10. The molecule has 0 aliphatic carbocycles. The Hall–Kier alpha value is -2.97. The van der Waals surface area contributed by atoms with Gasteiger partial charge in [-0.15, -0.1) is 0 Å². The number of carbonyl (C=O) groups excluding carboxylic acids is 3. The predicted molar refractivity (Wildman–Crippen MR) is 109 cm³/mol. The van der Waals surface area contributed by atoms with E-state index in [2.05, 4.69) is 13.8 Å². The average molecular weight is 414 g/mol. The van der Waals surface area contributed by atoms with Crippen LogP contribution in [0.25, 0.3) is 0 Å². The molecule has 160 valence electrons. The monoisotopic (exact) mass is 414 g/mol. The van der Waals surface area contributed by atoms with Crippen molar-refractivity contribution in [3.63, 3.8) is 0 Å². The van der Waals surface area contributed by atoms with E-state index < -0.39 is 24.1 Å². The second-order valence-electron chi connectivity index (χ2n) is 7.37. The summed E-state index contributed by atoms with van der Waals surface area (Å²) in [7, 11) is 2.88. The van der Waals surface area contributed by atoms with Crippen LogP contribution in [0.15, 0.2) is 47.1 Å². The summed E-state index contributed by atoms with van der Waals surface area (Å²) in [6.07, 6.45) is 0.489. The minimum Gasteiger partial charge on any atom is -0.459 e. The topological polar surface area (TPSA) is 89.3 Å². The summed E-state index contributed by atoms with van der Waals surface area (Å²) in [5.74, 6) is -0.949. The Morgan fingerprint density at radius 1 is 1.17 bits per heavy atom. The van der Waals surface area contributed by atoms with E-state index in [1.54, 1.807) is 18.2 Å². The zero-order valence-corrected chi connectivity index (χ0v) is 17.5. The molecule has 0 bridgehead atoms. The molecule has 3 amide bonds. The van der Waals surface area contributed by atoms with E-state index in [1.165, 1.54) is 31.4 Å². The molecule has 1 saturated heterocycles. The summed E-state index contributed by atoms with van der Waals surface area (Å²) in [6, 6.07) is 9.40. The molecule has 1 unspecified atom stereocenters. The molecule has 1 fully saturated rings. The number of amides is 3. The fourth-order valence-corrected chi connectivity index (χ4v) is 3.44. The van der Waals surface area contributed by atoms with Crippen LogP contribution in [-0.2, 0) is 19.1 Å². The molecular weight excluding hydrogens is 388 g/mol. The molecule has 1 aromatic carbocycles. The molecule has 8 nitrogen and oxygen atoms in total. The van der Waals surface area contributed by atoms with Crippen LogP contribution in [0.1, 0.15) is 42.3 Å². The Labute approximate surface area is 175 Å². The lowest BCUT2D eigenvalue weighted by Gasteiger charge is -2.29. The highest BCUT2D eigenvalue weighted by atomic mass is 16.7. The minimum atomic E-state index is -0.979. The van der Waals surface area contributed by atoms with E-state index in [4.69, 9.17) is 13.9 Å². The Kier molecular flexibility index (Phi) is 6.69. The smallest absolute Gasteiger partial charge is 0.290 e. The van der Waals surface area contributed by atoms with Gasteiger partial charge in [0, 0.05) is 14.2 Å². The van der Waals surface area contributed by atoms with Gasteiger partial charge in [-0.1, -0.05) is 26.0 Å². The lowest BCUT2D eigenvalue weighted by atomic mass is 10.0. The van der Waals surface area contributed by atoms with Gasteiger partial charge in [0.1, 0.15) is 6.04 Å². The third kappa shape index (κ3) is 4.29. The van der Waals surface area contributed by atoms with Crippen molar-refractivity contribution in [2.75, 3.05) is 25.7 Å². The number of carbonyl (C=O) groups is 3. The molecule has 2 aromatic rings. The van der Waals surface area contributed by atoms with Gasteiger partial charge in [-0.2, -0.15) is 0 Å². The minimum absolute atomic E-state index is 0.0314. The Bertz CT molecular complexity index is 887. The summed E-state index contributed by atoms with van der Waals surface area (Å²) in [4.78, 5) is 41.4. The Balaban J connectivity index is 1.89. The zero-order chi connectivity index (χ0) is 21.8. The predicted octanol–water partition coefficient (Wildman–Crippen LogP) is 2.80. The highest BCUT2D eigenvalue weighted by molar-refractivity contribution is 6.23. The van der Waals surface area contributed by atoms with Crippen LogP contribution < -0.4 is 4.90 Å². The number of hydrogen-bond acceptors (Lipinski definition) is 6. The highest BCUT2D eigenvalue weighted by Crippen LogP contribution is 2.28. The van der Waals surface area contributed by atoms with Crippen LogP contribution in [0.2, 0.25) is 0 Å². The van der Waals surface area contributed by atoms with Crippen LogP contribution in [-0.4, -0.2) is 55.7 Å². The summed E-state index contributed by atoms with van der Waals surface area (Å²) < 4.78 is 15.6. The maximum atomic E-state index is 13.2. The normalized spacial score (nSPS) is 16.7. The fraction of sp³-hybridized carbons (Fsp3) is 0.409. The summed E-state index contributed by atoms with van der Waals surface area (Å²) in [5.41, 5.74) is 1.59. The van der Waals surface area contributed by atoms with Crippen LogP contribution in [0.4, 0.5) is 5.69 Å². The van der Waals surface area contributed by atoms with Crippen LogP contribution in [0, 0.1) is 0 Å². The molecule has 2 heterocycles. The second kappa shape index (κ2) is 9.23. The van der Waals surface area contributed by atoms with Gasteiger partial charge in [-0.25, -0.2) is 4.90 Å². The van der Waals surface area contributed by atoms with Crippen molar-refractivity contribution in [1.82, 2.24) is 4.90 Å². The van der Waals surface area contributed by atoms with Crippen molar-refractivity contribution in [2.45, 2.75) is 38.5 Å². The van der Waals surface area contributed by atoms with Crippen LogP contribution in [0.5, 0.6) is 0 Å². The van der Waals surface area contributed by atoms with Crippen molar-refractivity contribution in [2.24, 2.45) is 0 Å². The van der Waals surface area contributed by atoms with Crippen LogP contribution in [0.3, 0.4) is 0 Å². The SMILES string of the molecule is COC(CN(C(=O)c1ccco1)C1CC(=O)N(c2ccc(C(C)C)cc2)C1=O)OC. The molecular formula is C22H26N2O6. The lowest BCUT2D eigenvalue weighted by Crippen LogP contribution is -2.49. The first-order valence-electron chi connectivity index (χ1n) is 9.74. The van der Waals surface area contributed by atoms with Crippen molar-refractivity contribution in [3.05, 3.63) is 54.0 Å². The molecule has 1 atom stereocenters. The standard InChI is InChI=1S/C22H26N2O6/c1-14(2)15-7-9-16(10-8-15)24-19(25)12-17(21(24)26)23(13-20(28-3)29-4)22(27)18-6-5-11-30-18/h5-11,14,17,20H,12-13H2,1-4H3. The van der Waals surface area contributed by atoms with Gasteiger partial charge in [0.2, 0.25) is 5.91 Å². The van der Waals surface area contributed by atoms with E-state index in [9.17, 15) is 14.4 Å². The van der Waals surface area contributed by atoms with Gasteiger partial charge in [0.15, 0.2) is 12.1 Å². The maximum Gasteiger partial charge on any atom is 0.290 e. The summed E-state index contributed by atoms with van der Waals surface area (Å²) in [5, 5.41) is 0. The first-order chi connectivity index (χ1) is 14.4. The van der Waals surface area contributed by atoms with Crippen LogP contribution >= 0.6 is 0 Å². The van der Waals surface area contributed by atoms with Crippen molar-refractivity contribution in [3.8, 4) is 0 Å². The molecule has 1 aliphatic heterocycles. The molecule has 8 heteroatoms. The number of ether oxygens (including phenoxy) is 2. The first-order valence-corrected chi connectivity index (χ1v) is 9.74. The molecule has 0 spiro atoms. The Morgan fingerprint density at radius 3 is 2.37 bits per heavy atom. The second-order valence-corrected chi connectivity index (χ2v) is 7.37. The molecule has 30 heavy (non-hydrogen) atoms. The van der Waals surface area contributed by atoms with Gasteiger partial charge in [0.25, 0.3) is 11.8 Å². The van der Waals surface area contributed by atoms with Gasteiger partial charge in [0.05, 0.1) is 24.9 Å². The van der Waals surface area contributed by atoms with E-state index >= 15 is 0 Å². The number of methoxy groups -OCH3 is 2. The van der Waals surface area contributed by atoms with E-state index in [0.717, 1.165) is 10.5 Å². The molecule has 0 saturated carbocycles. The number of anilines is 1. The fourth-order valence-electron chi connectivity index (χ4n) is 3.44. The highest BCUT2D eigenvalue weighted by Gasteiger charge is 2.45. The van der Waals surface area contributed by atoms with Gasteiger partial charge >= 0.3 is 0 Å². The number of imide groups is 1. The number of furan rings is 1. The van der Waals surface area contributed by atoms with Gasteiger partial charge in [-0.05, 0) is 35.7 Å². The van der Waals surface area contributed by atoms with E-state index in [1.807, 2.05) is 12.1 Å². The number of hydrogen-bond donors (Lipinski definition) is 0. The number of benzene rings is 1. The van der Waals surface area contributed by atoms with Crippen molar-refractivity contribution < 1.29 is 28.3 Å². The van der Waals surface area contributed by atoms with E-state index in [-0.39, 0.29) is 24.6 Å². The lowest BCUT2D eigenvalue weighted by molar-refractivity contribution is -0.128. The Morgan fingerprint density at radius 2 is 1.83 bits per heavy atom. The van der Waals surface area contributed by atoms with Crippen molar-refractivity contribution in [1.29, 1.82) is 0 Å². The summed E-state index contributed by atoms with van der Waals surface area (Å²) >= 11 is 0. The average Bonchev–Trinajstić information content (AvgIpc) is 3.37. The quantitative estimate of drug-likeness (QED) is 0.487. The molecule has 0 N–H and O–H groups in total. The largest absolute Gasteiger partial charge is 0.459 e. The maximum absolute atomic E-state index is 13.2. The first kappa shape index (κ1) is 21.7. The molecule has 1 aromatic heterocycles. The van der Waals surface area contributed by atoms with Crippen molar-refractivity contribution >= 4 is 23.4 Å². The number of nitrogens with zero attached hydrogens (tertiary/aromatic N) is 2. The third-order valence-electron chi connectivity index (χ3n) is 5.18. The molecule has 0 radical (unpaired) electrons. The third-order valence-corrected chi connectivity index (χ3v) is 5.18.